The molecule has 1 aliphatic carbocycles. The molecule has 0 unspecified atom stereocenters. The SMILES string of the molecule is COc1ccc(O)c(C(=O)NCc2ccnc(OC3CCCC3)c2)c1. The number of pyridine rings is 1. The van der Waals surface area contributed by atoms with E-state index in [-0.39, 0.29) is 23.3 Å². The van der Waals surface area contributed by atoms with Crippen LogP contribution in [-0.4, -0.2) is 29.2 Å². The molecule has 1 fully saturated rings. The third kappa shape index (κ3) is 4.41. The van der Waals surface area contributed by atoms with Crippen LogP contribution in [0.1, 0.15) is 41.6 Å². The zero-order chi connectivity index (χ0) is 17.6. The first-order valence-corrected chi connectivity index (χ1v) is 8.42. The first kappa shape index (κ1) is 17.1. The second-order valence-electron chi connectivity index (χ2n) is 6.09. The lowest BCUT2D eigenvalue weighted by atomic mass is 10.1. The summed E-state index contributed by atoms with van der Waals surface area (Å²) in [4.78, 5) is 16.5. The lowest BCUT2D eigenvalue weighted by molar-refractivity contribution is 0.0947. The molecule has 0 spiro atoms. The van der Waals surface area contributed by atoms with Crippen LogP contribution in [0.25, 0.3) is 0 Å². The average molecular weight is 342 g/mol. The first-order chi connectivity index (χ1) is 12.2. The minimum atomic E-state index is -0.369. The Morgan fingerprint density at radius 1 is 1.28 bits per heavy atom. The molecule has 3 rings (SSSR count). The van der Waals surface area contributed by atoms with Crippen LogP contribution in [0.5, 0.6) is 17.4 Å². The number of hydrogen-bond acceptors (Lipinski definition) is 5. The third-order valence-electron chi connectivity index (χ3n) is 4.29. The number of rotatable bonds is 6. The lowest BCUT2D eigenvalue weighted by Gasteiger charge is -2.13. The molecular weight excluding hydrogens is 320 g/mol. The Labute approximate surface area is 146 Å². The Bertz CT molecular complexity index is 742. The fraction of sp³-hybridized carbons (Fsp3) is 0.368. The number of phenolic OH excluding ortho intramolecular Hbond substituents is 1. The largest absolute Gasteiger partial charge is 0.507 e. The van der Waals surface area contributed by atoms with E-state index >= 15 is 0 Å². The van der Waals surface area contributed by atoms with Crippen LogP contribution in [0.3, 0.4) is 0 Å². The average Bonchev–Trinajstić information content (AvgIpc) is 3.13. The molecule has 1 aliphatic rings. The van der Waals surface area contributed by atoms with Gasteiger partial charge in [-0.05, 0) is 55.5 Å². The van der Waals surface area contributed by atoms with Crippen LogP contribution >= 0.6 is 0 Å². The number of phenols is 1. The van der Waals surface area contributed by atoms with Crippen LogP contribution in [0.2, 0.25) is 0 Å². The molecule has 1 amide bonds. The van der Waals surface area contributed by atoms with Gasteiger partial charge in [-0.1, -0.05) is 0 Å². The zero-order valence-corrected chi connectivity index (χ0v) is 14.2. The molecule has 1 heterocycles. The van der Waals surface area contributed by atoms with E-state index in [4.69, 9.17) is 9.47 Å². The van der Waals surface area contributed by atoms with E-state index in [1.807, 2.05) is 12.1 Å². The van der Waals surface area contributed by atoms with Gasteiger partial charge in [-0.3, -0.25) is 4.79 Å². The van der Waals surface area contributed by atoms with Crippen LogP contribution in [-0.2, 0) is 6.54 Å². The van der Waals surface area contributed by atoms with E-state index < -0.39 is 0 Å². The Morgan fingerprint density at radius 2 is 2.08 bits per heavy atom. The molecule has 0 radical (unpaired) electrons. The Hall–Kier alpha value is -2.76. The summed E-state index contributed by atoms with van der Waals surface area (Å²) in [5, 5.41) is 12.6. The highest BCUT2D eigenvalue weighted by atomic mass is 16.5. The summed E-state index contributed by atoms with van der Waals surface area (Å²) in [6, 6.07) is 8.21. The highest BCUT2D eigenvalue weighted by Gasteiger charge is 2.17. The monoisotopic (exact) mass is 342 g/mol. The Morgan fingerprint density at radius 3 is 2.84 bits per heavy atom. The summed E-state index contributed by atoms with van der Waals surface area (Å²) in [5.74, 6) is 0.645. The van der Waals surface area contributed by atoms with Crippen LogP contribution < -0.4 is 14.8 Å². The molecule has 1 aromatic heterocycles. The molecule has 2 aromatic rings. The molecule has 1 saturated carbocycles. The van der Waals surface area contributed by atoms with Gasteiger partial charge in [-0.25, -0.2) is 4.98 Å². The molecule has 0 atom stereocenters. The van der Waals surface area contributed by atoms with Crippen molar-refractivity contribution >= 4 is 5.91 Å². The standard InChI is InChI=1S/C19H22N2O4/c1-24-15-6-7-17(22)16(11-15)19(23)21-12-13-8-9-20-18(10-13)25-14-4-2-3-5-14/h6-11,14,22H,2-5,12H2,1H3,(H,21,23). The van der Waals surface area contributed by atoms with E-state index in [0.717, 1.165) is 18.4 Å². The fourth-order valence-electron chi connectivity index (χ4n) is 2.90. The molecular formula is C19H22N2O4. The van der Waals surface area contributed by atoms with E-state index in [2.05, 4.69) is 10.3 Å². The summed E-state index contributed by atoms with van der Waals surface area (Å²) in [6.45, 7) is 0.318. The smallest absolute Gasteiger partial charge is 0.255 e. The number of aromatic hydroxyl groups is 1. The van der Waals surface area contributed by atoms with Gasteiger partial charge in [0.05, 0.1) is 12.7 Å². The molecule has 1 aromatic carbocycles. The molecule has 6 nitrogen and oxygen atoms in total. The number of amides is 1. The van der Waals surface area contributed by atoms with Crippen molar-refractivity contribution in [1.82, 2.24) is 10.3 Å². The highest BCUT2D eigenvalue weighted by molar-refractivity contribution is 5.97. The highest BCUT2D eigenvalue weighted by Crippen LogP contribution is 2.24. The van der Waals surface area contributed by atoms with Gasteiger partial charge in [0.2, 0.25) is 5.88 Å². The summed E-state index contributed by atoms with van der Waals surface area (Å²) in [7, 11) is 1.51. The Kier molecular flexibility index (Phi) is 5.38. The van der Waals surface area contributed by atoms with Gasteiger partial charge in [0, 0.05) is 18.8 Å². The molecule has 0 saturated heterocycles. The number of ether oxygens (including phenoxy) is 2. The number of carbonyl (C=O) groups is 1. The van der Waals surface area contributed by atoms with Crippen molar-refractivity contribution < 1.29 is 19.4 Å². The zero-order valence-electron chi connectivity index (χ0n) is 14.2. The maximum atomic E-state index is 12.3. The summed E-state index contributed by atoms with van der Waals surface area (Å²) < 4.78 is 11.0. The minimum Gasteiger partial charge on any atom is -0.507 e. The second-order valence-corrected chi connectivity index (χ2v) is 6.09. The van der Waals surface area contributed by atoms with Gasteiger partial charge in [0.1, 0.15) is 17.6 Å². The predicted molar refractivity (Wildman–Crippen MR) is 93.0 cm³/mol. The third-order valence-corrected chi connectivity index (χ3v) is 4.29. The lowest BCUT2D eigenvalue weighted by Crippen LogP contribution is -2.23. The maximum absolute atomic E-state index is 12.3. The number of carbonyl (C=O) groups excluding carboxylic acids is 1. The van der Waals surface area contributed by atoms with Gasteiger partial charge >= 0.3 is 0 Å². The first-order valence-electron chi connectivity index (χ1n) is 8.42. The molecule has 2 N–H and O–H groups in total. The quantitative estimate of drug-likeness (QED) is 0.843. The molecule has 132 valence electrons. The number of hydrogen-bond donors (Lipinski definition) is 2. The molecule has 0 bridgehead atoms. The van der Waals surface area contributed by atoms with Crippen LogP contribution in [0, 0.1) is 0 Å². The second kappa shape index (κ2) is 7.88. The maximum Gasteiger partial charge on any atom is 0.255 e. The van der Waals surface area contributed by atoms with Gasteiger partial charge in [-0.2, -0.15) is 0 Å². The van der Waals surface area contributed by atoms with E-state index in [1.54, 1.807) is 12.3 Å². The number of methoxy groups -OCH3 is 1. The van der Waals surface area contributed by atoms with E-state index in [9.17, 15) is 9.90 Å². The van der Waals surface area contributed by atoms with Gasteiger partial charge in [0.25, 0.3) is 5.91 Å². The van der Waals surface area contributed by atoms with Crippen molar-refractivity contribution in [2.45, 2.75) is 38.3 Å². The summed E-state index contributed by atoms with van der Waals surface area (Å²) in [6.07, 6.45) is 6.45. The van der Waals surface area contributed by atoms with Crippen molar-refractivity contribution in [3.05, 3.63) is 47.7 Å². The topological polar surface area (TPSA) is 80.7 Å². The summed E-state index contributed by atoms with van der Waals surface area (Å²) >= 11 is 0. The molecule has 0 aliphatic heterocycles. The number of benzene rings is 1. The predicted octanol–water partition coefficient (Wildman–Crippen LogP) is 3.05. The normalized spacial score (nSPS) is 14.3. The fourth-order valence-corrected chi connectivity index (χ4v) is 2.90. The van der Waals surface area contributed by atoms with Crippen molar-refractivity contribution in [1.29, 1.82) is 0 Å². The van der Waals surface area contributed by atoms with Crippen molar-refractivity contribution in [3.8, 4) is 17.4 Å². The number of nitrogens with zero attached hydrogens (tertiary/aromatic N) is 1. The summed E-state index contributed by atoms with van der Waals surface area (Å²) in [5.41, 5.74) is 1.06. The van der Waals surface area contributed by atoms with E-state index in [1.165, 1.54) is 32.1 Å². The van der Waals surface area contributed by atoms with Gasteiger partial charge in [0.15, 0.2) is 0 Å². The van der Waals surface area contributed by atoms with Gasteiger partial charge in [-0.15, -0.1) is 0 Å². The number of nitrogens with one attached hydrogen (secondary N) is 1. The number of aromatic nitrogens is 1. The van der Waals surface area contributed by atoms with Crippen LogP contribution in [0.4, 0.5) is 0 Å². The Balaban J connectivity index is 1.62. The minimum absolute atomic E-state index is 0.0849. The van der Waals surface area contributed by atoms with Crippen molar-refractivity contribution in [3.63, 3.8) is 0 Å². The molecule has 6 heteroatoms. The van der Waals surface area contributed by atoms with E-state index in [0.29, 0.717) is 18.2 Å². The van der Waals surface area contributed by atoms with Gasteiger partial charge < -0.3 is 19.9 Å². The van der Waals surface area contributed by atoms with Crippen molar-refractivity contribution in [2.75, 3.05) is 7.11 Å². The molecule has 25 heavy (non-hydrogen) atoms. The van der Waals surface area contributed by atoms with Crippen molar-refractivity contribution in [2.24, 2.45) is 0 Å². The van der Waals surface area contributed by atoms with Crippen LogP contribution in [0.15, 0.2) is 36.5 Å².